The number of benzene rings is 2. The summed E-state index contributed by atoms with van der Waals surface area (Å²) in [6, 6.07) is 12.3. The van der Waals surface area contributed by atoms with Gasteiger partial charge >= 0.3 is 18.4 Å². The summed E-state index contributed by atoms with van der Waals surface area (Å²) in [6.45, 7) is 6.66. The number of anilines is 1. The van der Waals surface area contributed by atoms with Crippen LogP contribution in [0.15, 0.2) is 65.6 Å². The Labute approximate surface area is 252 Å². The minimum absolute atomic E-state index is 0.00575. The monoisotopic (exact) mass is 617 g/mol. The Balaban J connectivity index is 1.82. The predicted octanol–water partition coefficient (Wildman–Crippen LogP) is 4.89. The van der Waals surface area contributed by atoms with E-state index in [1.165, 1.54) is 30.0 Å². The lowest BCUT2D eigenvalue weighted by molar-refractivity contribution is -0.274. The molecule has 0 radical (unpaired) electrons. The maximum atomic E-state index is 13.5. The molecular weight excluding hydrogens is 583 g/mol. The van der Waals surface area contributed by atoms with Gasteiger partial charge in [0, 0.05) is 12.6 Å². The topological polar surface area (TPSA) is 125 Å². The molecule has 0 spiro atoms. The van der Waals surface area contributed by atoms with Gasteiger partial charge in [0.2, 0.25) is 5.91 Å². The van der Waals surface area contributed by atoms with Gasteiger partial charge < -0.3 is 29.4 Å². The molecule has 13 heteroatoms. The standard InChI is InChI=1S/C31H34F3N3O7/c1-19-14-15-37(18-22-10-12-23(13-11-22)43-31(32,33)34)28(40)26(19)36-27(39)24(35-29(41)44-30(2,3)4)16-20-6-8-21(9-7-20)17-25(38)42-5/h6-15,24H,16-18H2,1-5H3,(H,35,41)(H,36,39). The number of carbonyl (C=O) groups excluding carboxylic acids is 3. The van der Waals surface area contributed by atoms with Crippen LogP contribution in [0.2, 0.25) is 0 Å². The maximum Gasteiger partial charge on any atom is 0.573 e. The number of aromatic nitrogens is 1. The summed E-state index contributed by atoms with van der Waals surface area (Å²) in [6.07, 6.45) is -4.05. The summed E-state index contributed by atoms with van der Waals surface area (Å²) >= 11 is 0. The zero-order chi connectivity index (χ0) is 32.7. The summed E-state index contributed by atoms with van der Waals surface area (Å²) in [5.74, 6) is -1.48. The minimum Gasteiger partial charge on any atom is -0.469 e. The summed E-state index contributed by atoms with van der Waals surface area (Å²) in [5, 5.41) is 5.19. The maximum absolute atomic E-state index is 13.5. The minimum atomic E-state index is -4.83. The first-order valence-corrected chi connectivity index (χ1v) is 13.5. The highest BCUT2D eigenvalue weighted by Crippen LogP contribution is 2.23. The zero-order valence-electron chi connectivity index (χ0n) is 24.9. The number of halogens is 3. The molecule has 10 nitrogen and oxygen atoms in total. The molecule has 1 heterocycles. The number of rotatable bonds is 10. The number of nitrogens with zero attached hydrogens (tertiary/aromatic N) is 1. The molecule has 1 unspecified atom stereocenters. The molecule has 0 bridgehead atoms. The Morgan fingerprint density at radius 2 is 1.50 bits per heavy atom. The van der Waals surface area contributed by atoms with Crippen molar-refractivity contribution in [3.8, 4) is 5.75 Å². The molecule has 2 N–H and O–H groups in total. The summed E-state index contributed by atoms with van der Waals surface area (Å²) in [5.41, 5.74) is 0.914. The fourth-order valence-corrected chi connectivity index (χ4v) is 4.07. The van der Waals surface area contributed by atoms with Crippen LogP contribution in [0.5, 0.6) is 5.75 Å². The van der Waals surface area contributed by atoms with E-state index in [2.05, 4.69) is 20.1 Å². The van der Waals surface area contributed by atoms with E-state index in [1.807, 2.05) is 0 Å². The van der Waals surface area contributed by atoms with Crippen molar-refractivity contribution in [3.63, 3.8) is 0 Å². The second kappa shape index (κ2) is 14.1. The number of aryl methyl sites for hydroxylation is 1. The largest absolute Gasteiger partial charge is 0.573 e. The molecule has 3 aromatic rings. The molecule has 0 aliphatic rings. The van der Waals surface area contributed by atoms with Crippen LogP contribution in [0.25, 0.3) is 0 Å². The van der Waals surface area contributed by atoms with Crippen molar-refractivity contribution in [2.24, 2.45) is 0 Å². The van der Waals surface area contributed by atoms with Crippen molar-refractivity contribution in [3.05, 3.63) is 93.4 Å². The van der Waals surface area contributed by atoms with Crippen LogP contribution in [-0.4, -0.2) is 47.7 Å². The lowest BCUT2D eigenvalue weighted by Gasteiger charge is -2.24. The predicted molar refractivity (Wildman–Crippen MR) is 155 cm³/mol. The van der Waals surface area contributed by atoms with Gasteiger partial charge in [-0.1, -0.05) is 36.4 Å². The number of methoxy groups -OCH3 is 1. The van der Waals surface area contributed by atoms with E-state index in [9.17, 15) is 32.3 Å². The van der Waals surface area contributed by atoms with E-state index in [0.29, 0.717) is 22.3 Å². The Kier molecular flexibility index (Phi) is 10.8. The van der Waals surface area contributed by atoms with Gasteiger partial charge in [-0.15, -0.1) is 13.2 Å². The van der Waals surface area contributed by atoms with Crippen molar-refractivity contribution in [1.82, 2.24) is 9.88 Å². The normalized spacial score (nSPS) is 12.2. The van der Waals surface area contributed by atoms with Gasteiger partial charge in [0.05, 0.1) is 20.1 Å². The van der Waals surface area contributed by atoms with Crippen LogP contribution in [0.3, 0.4) is 0 Å². The highest BCUT2D eigenvalue weighted by atomic mass is 19.4. The third-order valence-corrected chi connectivity index (χ3v) is 6.18. The first-order valence-electron chi connectivity index (χ1n) is 13.5. The van der Waals surface area contributed by atoms with Crippen molar-refractivity contribution >= 4 is 23.7 Å². The van der Waals surface area contributed by atoms with Crippen molar-refractivity contribution < 1.29 is 41.8 Å². The summed E-state index contributed by atoms with van der Waals surface area (Å²) in [7, 11) is 1.29. The van der Waals surface area contributed by atoms with Gasteiger partial charge in [0.1, 0.15) is 23.1 Å². The number of carbonyl (C=O) groups is 3. The summed E-state index contributed by atoms with van der Waals surface area (Å²) in [4.78, 5) is 51.0. The molecule has 1 atom stereocenters. The molecule has 0 saturated carbocycles. The Morgan fingerprint density at radius 3 is 2.07 bits per heavy atom. The van der Waals surface area contributed by atoms with E-state index in [1.54, 1.807) is 58.0 Å². The molecule has 236 valence electrons. The number of nitrogens with one attached hydrogen (secondary N) is 2. The van der Waals surface area contributed by atoms with Crippen LogP contribution in [0, 0.1) is 6.92 Å². The highest BCUT2D eigenvalue weighted by molar-refractivity contribution is 5.97. The van der Waals surface area contributed by atoms with E-state index in [4.69, 9.17) is 4.74 Å². The molecule has 2 amide bonds. The second-order valence-electron chi connectivity index (χ2n) is 11.0. The third kappa shape index (κ3) is 10.5. The van der Waals surface area contributed by atoms with Crippen molar-refractivity contribution in [1.29, 1.82) is 0 Å². The number of alkyl carbamates (subject to hydrolysis) is 1. The van der Waals surface area contributed by atoms with Crippen molar-refractivity contribution in [2.45, 2.75) is 65.1 Å². The first-order chi connectivity index (χ1) is 20.5. The fraction of sp³-hybridized carbons (Fsp3) is 0.355. The molecule has 0 fully saturated rings. The van der Waals surface area contributed by atoms with E-state index in [0.717, 1.165) is 12.1 Å². The molecule has 0 aliphatic carbocycles. The molecule has 3 rings (SSSR count). The zero-order valence-corrected chi connectivity index (χ0v) is 24.9. The third-order valence-electron chi connectivity index (χ3n) is 6.18. The molecule has 44 heavy (non-hydrogen) atoms. The smallest absolute Gasteiger partial charge is 0.469 e. The van der Waals surface area contributed by atoms with Crippen LogP contribution in [0.4, 0.5) is 23.7 Å². The number of esters is 1. The number of amides is 2. The lowest BCUT2D eigenvalue weighted by atomic mass is 10.0. The summed E-state index contributed by atoms with van der Waals surface area (Å²) < 4.78 is 52.6. The average Bonchev–Trinajstić information content (AvgIpc) is 2.92. The van der Waals surface area contributed by atoms with Crippen LogP contribution >= 0.6 is 0 Å². The van der Waals surface area contributed by atoms with Crippen LogP contribution in [0.1, 0.15) is 43.0 Å². The van der Waals surface area contributed by atoms with Crippen LogP contribution in [-0.2, 0) is 38.4 Å². The highest BCUT2D eigenvalue weighted by Gasteiger charge is 2.31. The van der Waals surface area contributed by atoms with Gasteiger partial charge in [-0.2, -0.15) is 0 Å². The average molecular weight is 618 g/mol. The van der Waals surface area contributed by atoms with E-state index >= 15 is 0 Å². The molecular formula is C31H34F3N3O7. The van der Waals surface area contributed by atoms with Gasteiger partial charge in [0.25, 0.3) is 5.56 Å². The Bertz CT molecular complexity index is 1530. The molecule has 1 aromatic heterocycles. The SMILES string of the molecule is COC(=O)Cc1ccc(CC(NC(=O)OC(C)(C)C)C(=O)Nc2c(C)ccn(Cc3ccc(OC(F)(F)F)cc3)c2=O)cc1. The second-order valence-corrected chi connectivity index (χ2v) is 11.0. The number of hydrogen-bond acceptors (Lipinski definition) is 7. The van der Waals surface area contributed by atoms with Crippen molar-refractivity contribution in [2.75, 3.05) is 12.4 Å². The Morgan fingerprint density at radius 1 is 0.909 bits per heavy atom. The fourth-order valence-electron chi connectivity index (χ4n) is 4.07. The first kappa shape index (κ1) is 33.7. The Hall–Kier alpha value is -4.81. The molecule has 2 aromatic carbocycles. The quantitative estimate of drug-likeness (QED) is 0.310. The number of alkyl halides is 3. The number of pyridine rings is 1. The van der Waals surface area contributed by atoms with E-state index in [-0.39, 0.29) is 25.1 Å². The molecule has 0 aliphatic heterocycles. The van der Waals surface area contributed by atoms with E-state index < -0.39 is 47.3 Å². The number of ether oxygens (including phenoxy) is 3. The molecule has 0 saturated heterocycles. The lowest BCUT2D eigenvalue weighted by Crippen LogP contribution is -2.47. The number of hydrogen-bond donors (Lipinski definition) is 2. The van der Waals surface area contributed by atoms with Crippen LogP contribution < -0.4 is 20.9 Å². The van der Waals surface area contributed by atoms with Gasteiger partial charge in [-0.3, -0.25) is 14.4 Å². The van der Waals surface area contributed by atoms with Gasteiger partial charge in [0.15, 0.2) is 0 Å². The van der Waals surface area contributed by atoms with Gasteiger partial charge in [-0.05, 0) is 68.1 Å². The van der Waals surface area contributed by atoms with Gasteiger partial charge in [-0.25, -0.2) is 4.79 Å².